The number of esters is 1. The maximum Gasteiger partial charge on any atom is 0.453 e. The Balaban J connectivity index is 4.91. The van der Waals surface area contributed by atoms with Crippen LogP contribution in [0.4, 0.5) is 26.3 Å². The molecule has 0 rings (SSSR count). The van der Waals surface area contributed by atoms with E-state index in [-0.39, 0.29) is 6.61 Å². The van der Waals surface area contributed by atoms with Gasteiger partial charge in [0.15, 0.2) is 0 Å². The highest BCUT2D eigenvalue weighted by Gasteiger charge is 2.72. The molecule has 0 aromatic carbocycles. The molecule has 0 aromatic heterocycles. The first-order chi connectivity index (χ1) is 8.37. The van der Waals surface area contributed by atoms with Crippen LogP contribution in [0.15, 0.2) is 12.2 Å². The van der Waals surface area contributed by atoms with E-state index in [2.05, 4.69) is 16.1 Å². The van der Waals surface area contributed by atoms with Crippen molar-refractivity contribution in [3.63, 3.8) is 0 Å². The molecule has 0 atom stereocenters. The lowest BCUT2D eigenvalue weighted by Crippen LogP contribution is -2.59. The molecule has 0 unspecified atom stereocenters. The molecule has 0 spiro atoms. The first-order valence-electron chi connectivity index (χ1n) is 4.71. The molecule has 0 heterocycles. The third-order valence-electron chi connectivity index (χ3n) is 1.79. The van der Waals surface area contributed by atoms with Crippen molar-refractivity contribution in [1.29, 1.82) is 0 Å². The lowest BCUT2D eigenvalue weighted by Gasteiger charge is -2.31. The van der Waals surface area contributed by atoms with Crippen LogP contribution in [0.25, 0.3) is 0 Å². The number of ether oxygens (including phenoxy) is 2. The van der Waals surface area contributed by atoms with Gasteiger partial charge in [0.2, 0.25) is 0 Å². The minimum absolute atomic E-state index is 0.152. The van der Waals surface area contributed by atoms with Crippen LogP contribution in [0, 0.1) is 0 Å². The van der Waals surface area contributed by atoms with E-state index in [9.17, 15) is 31.1 Å². The Bertz CT molecular complexity index is 332. The van der Waals surface area contributed by atoms with Gasteiger partial charge in [-0.15, -0.1) is 0 Å². The first-order valence-corrected chi connectivity index (χ1v) is 4.71. The summed E-state index contributed by atoms with van der Waals surface area (Å²) in [4.78, 5) is 10.9. The summed E-state index contributed by atoms with van der Waals surface area (Å²) in [7, 11) is 0. The fourth-order valence-corrected chi connectivity index (χ4v) is 0.808. The number of hydrogen-bond acceptors (Lipinski definition) is 4. The third-order valence-corrected chi connectivity index (χ3v) is 1.79. The number of rotatable bonds is 5. The van der Waals surface area contributed by atoms with Gasteiger partial charge in [0.1, 0.15) is 0 Å². The summed E-state index contributed by atoms with van der Waals surface area (Å²) < 4.78 is 80.6. The van der Waals surface area contributed by atoms with E-state index in [0.717, 1.165) is 0 Å². The van der Waals surface area contributed by atoms with Crippen LogP contribution in [0.2, 0.25) is 0 Å². The summed E-state index contributed by atoms with van der Waals surface area (Å²) in [5, 5.41) is 8.58. The highest BCUT2D eigenvalue weighted by atomic mass is 19.4. The van der Waals surface area contributed by atoms with Crippen molar-refractivity contribution in [3.8, 4) is 0 Å². The lowest BCUT2D eigenvalue weighted by molar-refractivity contribution is -0.455. The highest BCUT2D eigenvalue weighted by Crippen LogP contribution is 2.43. The predicted molar refractivity (Wildman–Crippen MR) is 48.8 cm³/mol. The number of hydrogen-bond donors (Lipinski definition) is 1. The number of carbonyl (C=O) groups excluding carboxylic acids is 1. The molecule has 0 aliphatic rings. The minimum atomic E-state index is -6.12. The maximum absolute atomic E-state index is 12.2. The van der Waals surface area contributed by atoms with Gasteiger partial charge in [0, 0.05) is 0 Å². The number of aliphatic hydroxyl groups is 1. The van der Waals surface area contributed by atoms with Gasteiger partial charge in [-0.2, -0.15) is 26.3 Å². The Kier molecular flexibility index (Phi) is 5.39. The summed E-state index contributed by atoms with van der Waals surface area (Å²) in [5.74, 6) is -6.61. The van der Waals surface area contributed by atoms with E-state index in [4.69, 9.17) is 5.11 Å². The van der Waals surface area contributed by atoms with Crippen molar-refractivity contribution in [1.82, 2.24) is 0 Å². The second-order valence-electron chi connectivity index (χ2n) is 3.25. The molecule has 4 nitrogen and oxygen atoms in total. The molecule has 0 saturated carbocycles. The van der Waals surface area contributed by atoms with Gasteiger partial charge in [-0.05, 0) is 6.92 Å². The first kappa shape index (κ1) is 17.7. The van der Waals surface area contributed by atoms with Crippen molar-refractivity contribution in [3.05, 3.63) is 12.2 Å². The van der Waals surface area contributed by atoms with Crippen molar-refractivity contribution in [2.24, 2.45) is 0 Å². The molecule has 0 saturated heterocycles. The highest BCUT2D eigenvalue weighted by molar-refractivity contribution is 5.87. The topological polar surface area (TPSA) is 55.8 Å². The Morgan fingerprint density at radius 3 is 1.89 bits per heavy atom. The Morgan fingerprint density at radius 1 is 1.16 bits per heavy atom. The Hall–Kier alpha value is -1.29. The molecule has 0 fully saturated rings. The predicted octanol–water partition coefficient (Wildman–Crippen LogP) is 1.94. The molecule has 10 heteroatoms. The van der Waals surface area contributed by atoms with Crippen LogP contribution in [0.1, 0.15) is 6.92 Å². The lowest BCUT2D eigenvalue weighted by atomic mass is 10.2. The van der Waals surface area contributed by atoms with Gasteiger partial charge in [0.25, 0.3) is 0 Å². The van der Waals surface area contributed by atoms with E-state index < -0.39 is 36.3 Å². The monoisotopic (exact) mass is 296 g/mol. The van der Waals surface area contributed by atoms with Crippen molar-refractivity contribution < 1.29 is 45.7 Å². The van der Waals surface area contributed by atoms with Gasteiger partial charge in [0.05, 0.1) is 18.8 Å². The van der Waals surface area contributed by atoms with Crippen molar-refractivity contribution in [2.75, 3.05) is 13.2 Å². The van der Waals surface area contributed by atoms with Gasteiger partial charge in [-0.3, -0.25) is 0 Å². The van der Waals surface area contributed by atoms with Crippen LogP contribution in [-0.4, -0.2) is 42.4 Å². The summed E-state index contributed by atoms with van der Waals surface area (Å²) in [6.07, 6.45) is -12.2. The summed E-state index contributed by atoms with van der Waals surface area (Å²) >= 11 is 0. The molecule has 1 N–H and O–H groups in total. The second-order valence-corrected chi connectivity index (χ2v) is 3.25. The smallest absolute Gasteiger partial charge is 0.453 e. The van der Waals surface area contributed by atoms with Gasteiger partial charge in [-0.1, -0.05) is 6.58 Å². The summed E-state index contributed by atoms with van der Waals surface area (Å²) in [6.45, 7) is 2.62. The zero-order valence-corrected chi connectivity index (χ0v) is 9.56. The van der Waals surface area contributed by atoms with Gasteiger partial charge in [-0.25, -0.2) is 4.79 Å². The van der Waals surface area contributed by atoms with E-state index >= 15 is 0 Å². The van der Waals surface area contributed by atoms with Gasteiger partial charge >= 0.3 is 24.1 Å². The fraction of sp³-hybridized carbons (Fsp3) is 0.667. The van der Waals surface area contributed by atoms with Crippen molar-refractivity contribution in [2.45, 2.75) is 25.1 Å². The molecule has 0 bridgehead atoms. The molecule has 0 aliphatic heterocycles. The molecule has 0 aromatic rings. The Morgan fingerprint density at radius 2 is 1.58 bits per heavy atom. The molecule has 19 heavy (non-hydrogen) atoms. The van der Waals surface area contributed by atoms with E-state index in [1.807, 2.05) is 0 Å². The SMILES string of the molecule is C=C(COC(O)(C(F)(F)F)C(F)(F)F)C(=O)OCC. The number of alkyl halides is 6. The molecule has 0 radical (unpaired) electrons. The van der Waals surface area contributed by atoms with E-state index in [1.165, 1.54) is 6.92 Å². The van der Waals surface area contributed by atoms with E-state index in [0.29, 0.717) is 0 Å². The Labute approximate surface area is 103 Å². The third kappa shape index (κ3) is 4.10. The summed E-state index contributed by atoms with van der Waals surface area (Å²) in [6, 6.07) is 0. The van der Waals surface area contributed by atoms with Gasteiger partial charge < -0.3 is 14.6 Å². The fourth-order valence-electron chi connectivity index (χ4n) is 0.808. The van der Waals surface area contributed by atoms with E-state index in [1.54, 1.807) is 0 Å². The quantitative estimate of drug-likeness (QED) is 0.364. The van der Waals surface area contributed by atoms with Crippen LogP contribution < -0.4 is 0 Å². The van der Waals surface area contributed by atoms with Crippen LogP contribution in [0.5, 0.6) is 0 Å². The molecular weight excluding hydrogens is 286 g/mol. The zero-order chi connectivity index (χ0) is 15.5. The molecule has 0 aliphatic carbocycles. The molecule has 112 valence electrons. The van der Waals surface area contributed by atoms with Crippen LogP contribution in [-0.2, 0) is 14.3 Å². The maximum atomic E-state index is 12.2. The second kappa shape index (κ2) is 5.78. The number of carbonyl (C=O) groups is 1. The molecular formula is C9H10F6O4. The zero-order valence-electron chi connectivity index (χ0n) is 9.56. The van der Waals surface area contributed by atoms with Crippen molar-refractivity contribution >= 4 is 5.97 Å². The summed E-state index contributed by atoms with van der Waals surface area (Å²) in [5.41, 5.74) is -0.797. The average molecular weight is 296 g/mol. The normalized spacial score (nSPS) is 13.3. The van der Waals surface area contributed by atoms with Crippen LogP contribution in [0.3, 0.4) is 0 Å². The average Bonchev–Trinajstić information content (AvgIpc) is 2.22. The standard InChI is InChI=1S/C9H10F6O4/c1-3-18-6(16)5(2)4-19-7(17,8(10,11)12)9(13,14)15/h17H,2-4H2,1H3. The largest absolute Gasteiger partial charge is 0.463 e. The molecule has 0 amide bonds. The van der Waals surface area contributed by atoms with Crippen LogP contribution >= 0.6 is 0 Å². The minimum Gasteiger partial charge on any atom is -0.463 e. The number of halogens is 6.